The van der Waals surface area contributed by atoms with Crippen molar-refractivity contribution in [2.45, 2.75) is 276 Å². The first kappa shape index (κ1) is 50.1. The Morgan fingerprint density at radius 3 is 1.08 bits per heavy atom. The highest BCUT2D eigenvalue weighted by Crippen LogP contribution is 2.16. The first-order chi connectivity index (χ1) is 25.2. The minimum Gasteiger partial charge on any atom is -0.394 e. The molecule has 0 radical (unpaired) electrons. The van der Waals surface area contributed by atoms with E-state index in [4.69, 9.17) is 0 Å². The number of aliphatic hydroxyl groups is 2. The lowest BCUT2D eigenvalue weighted by atomic mass is 10.0. The average Bonchev–Trinajstić information content (AvgIpc) is 3.13. The van der Waals surface area contributed by atoms with Crippen molar-refractivity contribution in [3.63, 3.8) is 0 Å². The first-order valence-corrected chi connectivity index (χ1v) is 23.4. The molecule has 1 amide bonds. The predicted octanol–water partition coefficient (Wildman–Crippen LogP) is 14.6. The highest BCUT2D eigenvalue weighted by atomic mass is 16.3. The first-order valence-electron chi connectivity index (χ1n) is 23.4. The van der Waals surface area contributed by atoms with E-state index in [0.717, 1.165) is 25.7 Å². The van der Waals surface area contributed by atoms with Crippen molar-refractivity contribution in [2.75, 3.05) is 6.61 Å². The van der Waals surface area contributed by atoms with Crippen LogP contribution in [-0.4, -0.2) is 34.9 Å². The quantitative estimate of drug-likeness (QED) is 0.0434. The lowest BCUT2D eigenvalue weighted by Gasteiger charge is -2.22. The second-order valence-electron chi connectivity index (χ2n) is 16.2. The maximum Gasteiger partial charge on any atom is 0.220 e. The lowest BCUT2D eigenvalue weighted by Crippen LogP contribution is -2.45. The molecule has 0 saturated carbocycles. The maximum atomic E-state index is 12.3. The molecule has 0 aliphatic carbocycles. The Balaban J connectivity index is 3.35. The van der Waals surface area contributed by atoms with Gasteiger partial charge in [-0.2, -0.15) is 0 Å². The van der Waals surface area contributed by atoms with E-state index < -0.39 is 12.1 Å². The number of unbranched alkanes of at least 4 members (excludes halogenated alkanes) is 34. The summed E-state index contributed by atoms with van der Waals surface area (Å²) in [5.41, 5.74) is 0. The molecule has 4 heteroatoms. The number of allylic oxidation sites excluding steroid dienone is 2. The second kappa shape index (κ2) is 43.5. The topological polar surface area (TPSA) is 69.6 Å². The van der Waals surface area contributed by atoms with Crippen LogP contribution in [0.5, 0.6) is 0 Å². The molecule has 0 bridgehead atoms. The van der Waals surface area contributed by atoms with Gasteiger partial charge in [-0.05, 0) is 38.5 Å². The van der Waals surface area contributed by atoms with Gasteiger partial charge in [0.05, 0.1) is 18.8 Å². The van der Waals surface area contributed by atoms with Crippen LogP contribution in [0, 0.1) is 0 Å². The zero-order valence-corrected chi connectivity index (χ0v) is 34.9. The van der Waals surface area contributed by atoms with Crippen LogP contribution in [0.4, 0.5) is 0 Å². The summed E-state index contributed by atoms with van der Waals surface area (Å²) in [6.45, 7) is 4.34. The molecular formula is C47H93NO3. The third-order valence-corrected chi connectivity index (χ3v) is 11.0. The highest BCUT2D eigenvalue weighted by Gasteiger charge is 2.20. The molecular weight excluding hydrogens is 627 g/mol. The van der Waals surface area contributed by atoms with Crippen molar-refractivity contribution in [2.24, 2.45) is 0 Å². The van der Waals surface area contributed by atoms with Gasteiger partial charge in [-0.3, -0.25) is 4.79 Å². The minimum atomic E-state index is -0.652. The summed E-state index contributed by atoms with van der Waals surface area (Å²) in [5.74, 6) is -0.0301. The van der Waals surface area contributed by atoms with Gasteiger partial charge in [0.25, 0.3) is 0 Å². The number of hydrogen-bond donors (Lipinski definition) is 3. The molecule has 0 aromatic rings. The summed E-state index contributed by atoms with van der Waals surface area (Å²) in [7, 11) is 0. The molecule has 0 saturated heterocycles. The van der Waals surface area contributed by atoms with Crippen molar-refractivity contribution in [3.05, 3.63) is 12.2 Å². The van der Waals surface area contributed by atoms with Gasteiger partial charge in [-0.1, -0.05) is 231 Å². The Hall–Kier alpha value is -0.870. The smallest absolute Gasteiger partial charge is 0.220 e. The molecule has 0 fully saturated rings. The summed E-state index contributed by atoms with van der Waals surface area (Å²) in [6.07, 6.45) is 54.7. The number of amides is 1. The SMILES string of the molecule is CCCCCCCCCC/C=C\CCCCCCCCCCCCCCCCCCCCCC(=O)NC(CO)C(O)CCCCCCCCCC. The fourth-order valence-electron chi connectivity index (χ4n) is 7.42. The van der Waals surface area contributed by atoms with E-state index in [1.54, 1.807) is 0 Å². The van der Waals surface area contributed by atoms with Crippen molar-refractivity contribution < 1.29 is 15.0 Å². The van der Waals surface area contributed by atoms with Crippen molar-refractivity contribution in [3.8, 4) is 0 Å². The summed E-state index contributed by atoms with van der Waals surface area (Å²) >= 11 is 0. The van der Waals surface area contributed by atoms with E-state index in [-0.39, 0.29) is 12.5 Å². The summed E-state index contributed by atoms with van der Waals surface area (Å²) < 4.78 is 0. The Morgan fingerprint density at radius 1 is 0.451 bits per heavy atom. The number of rotatable bonds is 43. The zero-order chi connectivity index (χ0) is 37.1. The standard InChI is InChI=1S/C47H93NO3/c1-3-5-7-9-11-13-14-15-16-17-18-19-20-21-22-23-24-25-26-27-28-29-30-31-32-33-34-35-37-39-41-43-47(51)48-45(44-49)46(50)42-40-38-36-12-10-8-6-4-2/h17-18,45-46,49-50H,3-16,19-44H2,1-2H3,(H,48,51)/b18-17-. The van der Waals surface area contributed by atoms with Gasteiger partial charge in [0.2, 0.25) is 5.91 Å². The van der Waals surface area contributed by atoms with E-state index in [9.17, 15) is 15.0 Å². The third-order valence-electron chi connectivity index (χ3n) is 11.0. The van der Waals surface area contributed by atoms with Gasteiger partial charge >= 0.3 is 0 Å². The van der Waals surface area contributed by atoms with Crippen LogP contribution in [-0.2, 0) is 4.79 Å². The Kier molecular flexibility index (Phi) is 42.8. The molecule has 0 aliphatic heterocycles. The van der Waals surface area contributed by atoms with E-state index in [1.165, 1.54) is 212 Å². The van der Waals surface area contributed by atoms with E-state index >= 15 is 0 Å². The molecule has 0 aromatic heterocycles. The molecule has 51 heavy (non-hydrogen) atoms. The molecule has 0 aliphatic rings. The fraction of sp³-hybridized carbons (Fsp3) is 0.936. The molecule has 304 valence electrons. The van der Waals surface area contributed by atoms with Crippen molar-refractivity contribution >= 4 is 5.91 Å². The number of aliphatic hydroxyl groups excluding tert-OH is 2. The number of hydrogen-bond acceptors (Lipinski definition) is 3. The largest absolute Gasteiger partial charge is 0.394 e. The number of carbonyl (C=O) groups excluding carboxylic acids is 1. The molecule has 2 atom stereocenters. The van der Waals surface area contributed by atoms with Crippen LogP contribution in [0.1, 0.15) is 264 Å². The van der Waals surface area contributed by atoms with Gasteiger partial charge in [0.15, 0.2) is 0 Å². The number of nitrogens with one attached hydrogen (secondary N) is 1. The van der Waals surface area contributed by atoms with Gasteiger partial charge < -0.3 is 15.5 Å². The van der Waals surface area contributed by atoms with Crippen LogP contribution >= 0.6 is 0 Å². The average molecular weight is 720 g/mol. The monoisotopic (exact) mass is 720 g/mol. The predicted molar refractivity (Wildman–Crippen MR) is 226 cm³/mol. The molecule has 4 nitrogen and oxygen atoms in total. The third kappa shape index (κ3) is 40.2. The molecule has 0 aromatic carbocycles. The van der Waals surface area contributed by atoms with Crippen molar-refractivity contribution in [1.82, 2.24) is 5.32 Å². The second-order valence-corrected chi connectivity index (χ2v) is 16.2. The summed E-state index contributed by atoms with van der Waals surface area (Å²) in [4.78, 5) is 12.3. The Morgan fingerprint density at radius 2 is 0.745 bits per heavy atom. The molecule has 3 N–H and O–H groups in total. The molecule has 0 rings (SSSR count). The molecule has 0 heterocycles. The lowest BCUT2D eigenvalue weighted by molar-refractivity contribution is -0.123. The van der Waals surface area contributed by atoms with Crippen LogP contribution in [0.25, 0.3) is 0 Å². The van der Waals surface area contributed by atoms with Crippen LogP contribution < -0.4 is 5.32 Å². The van der Waals surface area contributed by atoms with E-state index in [1.807, 2.05) is 0 Å². The van der Waals surface area contributed by atoms with Gasteiger partial charge in [-0.25, -0.2) is 0 Å². The van der Waals surface area contributed by atoms with Gasteiger partial charge in [0.1, 0.15) is 0 Å². The Labute approximate surface area is 320 Å². The van der Waals surface area contributed by atoms with E-state index in [0.29, 0.717) is 12.8 Å². The minimum absolute atomic E-state index is 0.0301. The van der Waals surface area contributed by atoms with Crippen LogP contribution in [0.2, 0.25) is 0 Å². The maximum absolute atomic E-state index is 12.3. The normalized spacial score (nSPS) is 12.9. The molecule has 0 spiro atoms. The fourth-order valence-corrected chi connectivity index (χ4v) is 7.42. The van der Waals surface area contributed by atoms with Crippen molar-refractivity contribution in [1.29, 1.82) is 0 Å². The summed E-state index contributed by atoms with van der Waals surface area (Å²) in [6, 6.07) is -0.529. The van der Waals surface area contributed by atoms with Crippen LogP contribution in [0.3, 0.4) is 0 Å². The zero-order valence-electron chi connectivity index (χ0n) is 34.9. The van der Waals surface area contributed by atoms with Gasteiger partial charge in [0, 0.05) is 6.42 Å². The van der Waals surface area contributed by atoms with E-state index in [2.05, 4.69) is 31.3 Å². The molecule has 2 unspecified atom stereocenters. The van der Waals surface area contributed by atoms with Gasteiger partial charge in [-0.15, -0.1) is 0 Å². The Bertz CT molecular complexity index is 695. The number of carbonyl (C=O) groups is 1. The van der Waals surface area contributed by atoms with Crippen LogP contribution in [0.15, 0.2) is 12.2 Å². The highest BCUT2D eigenvalue weighted by molar-refractivity contribution is 5.76. The summed E-state index contributed by atoms with van der Waals surface area (Å²) in [5, 5.41) is 23.0.